The van der Waals surface area contributed by atoms with E-state index in [1.165, 1.54) is 0 Å². The molecule has 27 heavy (non-hydrogen) atoms. The standard InChI is InChI=1S/C19H42O6P2/c1-5-9-11-12-17-25-27(21,23-15-8-4)19-13-18-26(20,22-14-7-3)24-16-10-6-2/h5-19H2,1-4H3. The van der Waals surface area contributed by atoms with Gasteiger partial charge in [0.2, 0.25) is 0 Å². The fourth-order valence-corrected chi connectivity index (χ4v) is 6.07. The summed E-state index contributed by atoms with van der Waals surface area (Å²) in [6.45, 7) is 9.82. The summed E-state index contributed by atoms with van der Waals surface area (Å²) in [4.78, 5) is 0. The van der Waals surface area contributed by atoms with E-state index < -0.39 is 15.2 Å². The predicted octanol–water partition coefficient (Wildman–Crippen LogP) is 7.03. The van der Waals surface area contributed by atoms with Crippen molar-refractivity contribution in [2.75, 3.05) is 38.8 Å². The molecule has 8 heteroatoms. The van der Waals surface area contributed by atoms with Gasteiger partial charge in [-0.25, -0.2) is 0 Å². The lowest BCUT2D eigenvalue weighted by molar-refractivity contribution is 0.198. The molecule has 0 spiro atoms. The highest BCUT2D eigenvalue weighted by molar-refractivity contribution is 7.54. The van der Waals surface area contributed by atoms with E-state index in [1.807, 2.05) is 13.8 Å². The molecule has 164 valence electrons. The van der Waals surface area contributed by atoms with Gasteiger partial charge in [0, 0.05) is 0 Å². The Kier molecular flexibility index (Phi) is 17.4. The van der Waals surface area contributed by atoms with Crippen molar-refractivity contribution in [2.24, 2.45) is 0 Å². The minimum absolute atomic E-state index is 0.245. The molecular weight excluding hydrogens is 386 g/mol. The van der Waals surface area contributed by atoms with Gasteiger partial charge >= 0.3 is 15.2 Å². The Labute approximate surface area is 167 Å². The van der Waals surface area contributed by atoms with Crippen LogP contribution in [-0.4, -0.2) is 38.8 Å². The molecule has 0 saturated carbocycles. The second-order valence-corrected chi connectivity index (χ2v) is 11.1. The number of hydrogen-bond acceptors (Lipinski definition) is 6. The van der Waals surface area contributed by atoms with Crippen molar-refractivity contribution in [3.8, 4) is 0 Å². The van der Waals surface area contributed by atoms with Crippen molar-refractivity contribution < 1.29 is 27.2 Å². The molecule has 2 unspecified atom stereocenters. The van der Waals surface area contributed by atoms with Crippen LogP contribution in [0.3, 0.4) is 0 Å². The van der Waals surface area contributed by atoms with Crippen LogP contribution < -0.4 is 0 Å². The van der Waals surface area contributed by atoms with Crippen LogP contribution in [0.25, 0.3) is 0 Å². The molecule has 0 bridgehead atoms. The fraction of sp³-hybridized carbons (Fsp3) is 1.00. The third kappa shape index (κ3) is 14.9. The Morgan fingerprint density at radius 1 is 0.481 bits per heavy atom. The zero-order valence-corrected chi connectivity index (χ0v) is 19.7. The van der Waals surface area contributed by atoms with Gasteiger partial charge in [0.1, 0.15) is 0 Å². The lowest BCUT2D eigenvalue weighted by atomic mass is 10.2. The van der Waals surface area contributed by atoms with Gasteiger partial charge in [-0.15, -0.1) is 0 Å². The third-order valence-electron chi connectivity index (χ3n) is 3.92. The number of rotatable bonds is 20. The minimum atomic E-state index is -3.16. The third-order valence-corrected chi connectivity index (χ3v) is 7.95. The van der Waals surface area contributed by atoms with Gasteiger partial charge in [0.05, 0.1) is 38.8 Å². The van der Waals surface area contributed by atoms with Crippen LogP contribution in [-0.2, 0) is 27.2 Å². The quantitative estimate of drug-likeness (QED) is 0.153. The van der Waals surface area contributed by atoms with E-state index in [1.54, 1.807) is 0 Å². The summed E-state index contributed by atoms with van der Waals surface area (Å²) < 4.78 is 48.1. The topological polar surface area (TPSA) is 71.1 Å². The summed E-state index contributed by atoms with van der Waals surface area (Å²) in [6.07, 6.45) is 8.54. The second-order valence-electron chi connectivity index (χ2n) is 6.77. The molecule has 0 aliphatic heterocycles. The van der Waals surface area contributed by atoms with Crippen molar-refractivity contribution in [1.29, 1.82) is 0 Å². The van der Waals surface area contributed by atoms with E-state index in [-0.39, 0.29) is 12.3 Å². The average molecular weight is 428 g/mol. The van der Waals surface area contributed by atoms with Crippen molar-refractivity contribution in [2.45, 2.75) is 85.5 Å². The van der Waals surface area contributed by atoms with Crippen molar-refractivity contribution in [3.05, 3.63) is 0 Å². The van der Waals surface area contributed by atoms with Crippen molar-refractivity contribution in [1.82, 2.24) is 0 Å². The first-order valence-corrected chi connectivity index (χ1v) is 14.2. The van der Waals surface area contributed by atoms with Gasteiger partial charge in [0.15, 0.2) is 0 Å². The molecule has 0 aromatic carbocycles. The molecule has 0 heterocycles. The predicted molar refractivity (Wildman–Crippen MR) is 113 cm³/mol. The van der Waals surface area contributed by atoms with Gasteiger partial charge < -0.3 is 18.1 Å². The maximum Gasteiger partial charge on any atom is 0.330 e. The van der Waals surface area contributed by atoms with Crippen LogP contribution in [0.4, 0.5) is 0 Å². The summed E-state index contributed by atoms with van der Waals surface area (Å²) in [5.41, 5.74) is 0. The fourth-order valence-electron chi connectivity index (χ4n) is 2.33. The zero-order valence-electron chi connectivity index (χ0n) is 18.0. The summed E-state index contributed by atoms with van der Waals surface area (Å²) >= 11 is 0. The Balaban J connectivity index is 4.56. The molecule has 0 aromatic rings. The molecular formula is C19H42O6P2. The molecule has 0 radical (unpaired) electrons. The van der Waals surface area contributed by atoms with E-state index >= 15 is 0 Å². The molecule has 0 aliphatic carbocycles. The summed E-state index contributed by atoms with van der Waals surface area (Å²) in [5.74, 6) is 0. The number of unbranched alkanes of at least 4 members (excludes halogenated alkanes) is 4. The second kappa shape index (κ2) is 17.2. The minimum Gasteiger partial charge on any atom is -0.309 e. The Hall–Kier alpha value is 0.300. The lowest BCUT2D eigenvalue weighted by Gasteiger charge is -2.21. The van der Waals surface area contributed by atoms with Gasteiger partial charge in [-0.1, -0.05) is 53.4 Å². The molecule has 0 N–H and O–H groups in total. The molecule has 0 aliphatic rings. The van der Waals surface area contributed by atoms with Crippen molar-refractivity contribution in [3.63, 3.8) is 0 Å². The molecule has 6 nitrogen and oxygen atoms in total. The van der Waals surface area contributed by atoms with Crippen LogP contribution in [0.5, 0.6) is 0 Å². The molecule has 0 saturated heterocycles. The lowest BCUT2D eigenvalue weighted by Crippen LogP contribution is -2.07. The number of hydrogen-bond donors (Lipinski definition) is 0. The first-order valence-electron chi connectivity index (χ1n) is 10.7. The van der Waals surface area contributed by atoms with E-state index in [0.29, 0.717) is 32.8 Å². The van der Waals surface area contributed by atoms with E-state index in [4.69, 9.17) is 18.1 Å². The highest BCUT2D eigenvalue weighted by Crippen LogP contribution is 2.53. The SMILES string of the molecule is CCCCCCOP(=O)(CCCP(=O)(OCCC)OCCCC)OCCC. The van der Waals surface area contributed by atoms with Gasteiger partial charge in [0.25, 0.3) is 0 Å². The summed E-state index contributed by atoms with van der Waals surface area (Å²) in [5, 5.41) is 0. The Morgan fingerprint density at radius 3 is 1.37 bits per heavy atom. The average Bonchev–Trinajstić information content (AvgIpc) is 2.65. The Bertz CT molecular complexity index is 430. The first kappa shape index (κ1) is 27.3. The molecule has 2 atom stereocenters. The molecule has 0 aromatic heterocycles. The molecule has 0 amide bonds. The van der Waals surface area contributed by atoms with Gasteiger partial charge in [-0.2, -0.15) is 0 Å². The maximum absolute atomic E-state index is 12.9. The van der Waals surface area contributed by atoms with Gasteiger partial charge in [-0.3, -0.25) is 9.13 Å². The van der Waals surface area contributed by atoms with Crippen LogP contribution in [0, 0.1) is 0 Å². The molecule has 0 rings (SSSR count). The highest BCUT2D eigenvalue weighted by atomic mass is 31.2. The largest absolute Gasteiger partial charge is 0.330 e. The first-order chi connectivity index (χ1) is 12.9. The van der Waals surface area contributed by atoms with Crippen LogP contribution >= 0.6 is 15.2 Å². The summed E-state index contributed by atoms with van der Waals surface area (Å²) in [6, 6.07) is 0. The normalized spacial score (nSPS) is 16.1. The molecule has 0 fully saturated rings. The highest BCUT2D eigenvalue weighted by Gasteiger charge is 2.29. The summed E-state index contributed by atoms with van der Waals surface area (Å²) in [7, 11) is -6.31. The monoisotopic (exact) mass is 428 g/mol. The zero-order chi connectivity index (χ0) is 20.4. The van der Waals surface area contributed by atoms with E-state index in [9.17, 15) is 9.13 Å². The van der Waals surface area contributed by atoms with Crippen LogP contribution in [0.2, 0.25) is 0 Å². The maximum atomic E-state index is 12.9. The van der Waals surface area contributed by atoms with Crippen molar-refractivity contribution >= 4 is 15.2 Å². The van der Waals surface area contributed by atoms with Crippen LogP contribution in [0.15, 0.2) is 0 Å². The van der Waals surface area contributed by atoms with E-state index in [0.717, 1.165) is 51.4 Å². The van der Waals surface area contributed by atoms with Crippen LogP contribution in [0.1, 0.15) is 85.5 Å². The van der Waals surface area contributed by atoms with Gasteiger partial charge in [-0.05, 0) is 32.1 Å². The Morgan fingerprint density at radius 2 is 0.926 bits per heavy atom. The van der Waals surface area contributed by atoms with E-state index in [2.05, 4.69) is 13.8 Å². The smallest absolute Gasteiger partial charge is 0.309 e.